The maximum atomic E-state index is 14.1. The molecule has 0 amide bonds. The van der Waals surface area contributed by atoms with Crippen molar-refractivity contribution in [3.63, 3.8) is 0 Å². The average molecular weight is 530 g/mol. The Hall–Kier alpha value is -3.75. The van der Waals surface area contributed by atoms with E-state index in [0.717, 1.165) is 62.0 Å². The zero-order chi connectivity index (χ0) is 27.2. The SMILES string of the molecule is CCCOc1cc2cnccc2c2c(=O)c(-c3ccc(OC)cc3)cn(CC(=O)CCCN3CCOCC3)c12. The van der Waals surface area contributed by atoms with Crippen LogP contribution in [0.2, 0.25) is 0 Å². The number of methoxy groups -OCH3 is 1. The van der Waals surface area contributed by atoms with Gasteiger partial charge in [0.15, 0.2) is 11.2 Å². The fourth-order valence-electron chi connectivity index (χ4n) is 5.15. The first-order valence-electron chi connectivity index (χ1n) is 13.6. The van der Waals surface area contributed by atoms with Gasteiger partial charge in [-0.15, -0.1) is 0 Å². The summed E-state index contributed by atoms with van der Waals surface area (Å²) in [5.74, 6) is 1.42. The number of benzene rings is 2. The van der Waals surface area contributed by atoms with Crippen molar-refractivity contribution in [1.29, 1.82) is 0 Å². The largest absolute Gasteiger partial charge is 0.497 e. The molecular weight excluding hydrogens is 494 g/mol. The highest BCUT2D eigenvalue weighted by Crippen LogP contribution is 2.34. The van der Waals surface area contributed by atoms with Crippen LogP contribution in [0.5, 0.6) is 11.5 Å². The fraction of sp³-hybridized carbons (Fsp3) is 0.387. The second-order valence-corrected chi connectivity index (χ2v) is 9.87. The molecule has 1 fully saturated rings. The van der Waals surface area contributed by atoms with Crippen molar-refractivity contribution in [2.75, 3.05) is 46.6 Å². The lowest BCUT2D eigenvalue weighted by molar-refractivity contribution is -0.119. The standard InChI is InChI=1S/C31H35N3O5/c1-3-15-39-28-18-23-19-32-11-10-26(23)29-30(28)34(20-24(35)5-4-12-33-13-16-38-17-14-33)21-27(31(29)36)22-6-8-25(37-2)9-7-22/h6-11,18-19,21H,3-5,12-17,20H2,1-2H3. The topological polar surface area (TPSA) is 82.9 Å². The zero-order valence-corrected chi connectivity index (χ0v) is 22.7. The van der Waals surface area contributed by atoms with E-state index in [4.69, 9.17) is 14.2 Å². The van der Waals surface area contributed by atoms with Crippen LogP contribution in [0.3, 0.4) is 0 Å². The Kier molecular flexibility index (Phi) is 8.54. The Labute approximate surface area is 228 Å². The van der Waals surface area contributed by atoms with Gasteiger partial charge in [0.05, 0.1) is 44.4 Å². The smallest absolute Gasteiger partial charge is 0.197 e. The molecule has 4 aromatic rings. The zero-order valence-electron chi connectivity index (χ0n) is 22.7. The van der Waals surface area contributed by atoms with Crippen molar-refractivity contribution < 1.29 is 19.0 Å². The van der Waals surface area contributed by atoms with E-state index < -0.39 is 0 Å². The van der Waals surface area contributed by atoms with E-state index in [-0.39, 0.29) is 17.8 Å². The molecule has 0 atom stereocenters. The molecule has 3 heterocycles. The number of rotatable bonds is 11. The lowest BCUT2D eigenvalue weighted by Gasteiger charge is -2.26. The molecule has 0 bridgehead atoms. The molecule has 0 saturated carbocycles. The summed E-state index contributed by atoms with van der Waals surface area (Å²) in [4.78, 5) is 34.0. The number of nitrogens with zero attached hydrogens (tertiary/aromatic N) is 3. The first kappa shape index (κ1) is 26.8. The van der Waals surface area contributed by atoms with Crippen LogP contribution in [0.1, 0.15) is 26.2 Å². The van der Waals surface area contributed by atoms with Crippen LogP contribution < -0.4 is 14.9 Å². The van der Waals surface area contributed by atoms with Crippen LogP contribution in [-0.2, 0) is 16.1 Å². The van der Waals surface area contributed by atoms with Crippen LogP contribution in [-0.4, -0.2) is 66.8 Å². The molecule has 0 aliphatic carbocycles. The minimum Gasteiger partial charge on any atom is -0.497 e. The number of morpholine rings is 1. The number of carbonyl (C=O) groups is 1. The summed E-state index contributed by atoms with van der Waals surface area (Å²) in [5.41, 5.74) is 1.82. The third-order valence-corrected chi connectivity index (χ3v) is 7.16. The molecule has 0 N–H and O–H groups in total. The van der Waals surface area contributed by atoms with Gasteiger partial charge in [0.2, 0.25) is 0 Å². The highest BCUT2D eigenvalue weighted by molar-refractivity contribution is 6.10. The number of pyridine rings is 2. The molecular formula is C31H35N3O5. The van der Waals surface area contributed by atoms with Crippen molar-refractivity contribution in [2.45, 2.75) is 32.7 Å². The van der Waals surface area contributed by atoms with Gasteiger partial charge in [-0.3, -0.25) is 19.5 Å². The van der Waals surface area contributed by atoms with Crippen molar-refractivity contribution >= 4 is 27.5 Å². The normalized spacial score (nSPS) is 14.1. The van der Waals surface area contributed by atoms with E-state index >= 15 is 0 Å². The van der Waals surface area contributed by atoms with Crippen molar-refractivity contribution in [2.24, 2.45) is 0 Å². The van der Waals surface area contributed by atoms with Crippen molar-refractivity contribution in [3.8, 4) is 22.6 Å². The molecule has 8 nitrogen and oxygen atoms in total. The molecule has 0 radical (unpaired) electrons. The van der Waals surface area contributed by atoms with Gasteiger partial charge in [-0.2, -0.15) is 0 Å². The Morgan fingerprint density at radius 1 is 1.13 bits per heavy atom. The third kappa shape index (κ3) is 5.97. The van der Waals surface area contributed by atoms with Gasteiger partial charge >= 0.3 is 0 Å². The summed E-state index contributed by atoms with van der Waals surface area (Å²) in [6.07, 6.45) is 7.31. The van der Waals surface area contributed by atoms with E-state index in [9.17, 15) is 9.59 Å². The molecule has 0 unspecified atom stereocenters. The summed E-state index contributed by atoms with van der Waals surface area (Å²) in [5, 5.41) is 2.15. The average Bonchev–Trinajstić information content (AvgIpc) is 2.97. The van der Waals surface area contributed by atoms with Gasteiger partial charge in [0, 0.05) is 49.1 Å². The van der Waals surface area contributed by atoms with Crippen molar-refractivity contribution in [3.05, 3.63) is 65.2 Å². The number of hydrogen-bond acceptors (Lipinski definition) is 7. The summed E-state index contributed by atoms with van der Waals surface area (Å²) in [7, 11) is 1.61. The van der Waals surface area contributed by atoms with Crippen LogP contribution >= 0.6 is 0 Å². The van der Waals surface area contributed by atoms with Gasteiger partial charge in [-0.1, -0.05) is 19.1 Å². The number of fused-ring (bicyclic) bond motifs is 3. The minimum atomic E-state index is -0.107. The van der Waals surface area contributed by atoms with E-state index in [1.54, 1.807) is 25.7 Å². The summed E-state index contributed by atoms with van der Waals surface area (Å²) >= 11 is 0. The second-order valence-electron chi connectivity index (χ2n) is 9.87. The number of aromatic nitrogens is 2. The maximum Gasteiger partial charge on any atom is 0.197 e. The molecule has 39 heavy (non-hydrogen) atoms. The van der Waals surface area contributed by atoms with Crippen molar-refractivity contribution in [1.82, 2.24) is 14.5 Å². The Morgan fingerprint density at radius 3 is 2.67 bits per heavy atom. The highest BCUT2D eigenvalue weighted by Gasteiger charge is 2.20. The molecule has 204 valence electrons. The van der Waals surface area contributed by atoms with E-state index in [1.165, 1.54) is 0 Å². The second kappa shape index (κ2) is 12.4. The maximum absolute atomic E-state index is 14.1. The molecule has 5 rings (SSSR count). The molecule has 2 aromatic heterocycles. The summed E-state index contributed by atoms with van der Waals surface area (Å²) in [6, 6.07) is 11.2. The molecule has 2 aromatic carbocycles. The summed E-state index contributed by atoms with van der Waals surface area (Å²) in [6.45, 7) is 6.88. The van der Waals surface area contributed by atoms with Gasteiger partial charge < -0.3 is 18.8 Å². The highest BCUT2D eigenvalue weighted by atomic mass is 16.5. The number of carbonyl (C=O) groups excluding carboxylic acids is 1. The Morgan fingerprint density at radius 2 is 1.92 bits per heavy atom. The quantitative estimate of drug-likeness (QED) is 0.261. The fourth-order valence-corrected chi connectivity index (χ4v) is 5.15. The van der Waals surface area contributed by atoms with Gasteiger partial charge in [-0.05, 0) is 54.6 Å². The number of ether oxygens (including phenoxy) is 3. The molecule has 8 heteroatoms. The molecule has 1 aliphatic rings. The van der Waals surface area contributed by atoms with Crippen LogP contribution in [0.15, 0.2) is 59.8 Å². The molecule has 1 saturated heterocycles. The van der Waals surface area contributed by atoms with Crippen LogP contribution in [0.25, 0.3) is 32.8 Å². The molecule has 1 aliphatic heterocycles. The predicted molar refractivity (Wildman–Crippen MR) is 153 cm³/mol. The van der Waals surface area contributed by atoms with E-state index in [2.05, 4.69) is 9.88 Å². The van der Waals surface area contributed by atoms with Gasteiger partial charge in [0.25, 0.3) is 0 Å². The monoisotopic (exact) mass is 529 g/mol. The molecule has 0 spiro atoms. The Bertz CT molecular complexity index is 1510. The van der Waals surface area contributed by atoms with Crippen LogP contribution in [0, 0.1) is 0 Å². The van der Waals surface area contributed by atoms with Crippen LogP contribution in [0.4, 0.5) is 0 Å². The van der Waals surface area contributed by atoms with Gasteiger partial charge in [0.1, 0.15) is 11.5 Å². The number of ketones is 1. The predicted octanol–water partition coefficient (Wildman–Crippen LogP) is 4.70. The van der Waals surface area contributed by atoms with E-state index in [0.29, 0.717) is 41.0 Å². The van der Waals surface area contributed by atoms with Gasteiger partial charge in [-0.25, -0.2) is 0 Å². The number of hydrogen-bond donors (Lipinski definition) is 0. The first-order chi connectivity index (χ1) is 19.1. The Balaban J connectivity index is 1.59. The third-order valence-electron chi connectivity index (χ3n) is 7.16. The minimum absolute atomic E-state index is 0.107. The van der Waals surface area contributed by atoms with E-state index in [1.807, 2.05) is 47.9 Å². The lowest BCUT2D eigenvalue weighted by Crippen LogP contribution is -2.37. The first-order valence-corrected chi connectivity index (χ1v) is 13.6. The summed E-state index contributed by atoms with van der Waals surface area (Å²) < 4.78 is 18.8. The lowest BCUT2D eigenvalue weighted by atomic mass is 9.99. The number of Topliss-reactive ketones (excluding diaryl/α,β-unsaturated/α-hetero) is 1.